The second kappa shape index (κ2) is 9.67. The fourth-order valence-corrected chi connectivity index (χ4v) is 4.64. The van der Waals surface area contributed by atoms with Crippen molar-refractivity contribution in [3.63, 3.8) is 0 Å². The van der Waals surface area contributed by atoms with Gasteiger partial charge in [-0.1, -0.05) is 6.07 Å². The minimum absolute atomic E-state index is 0.159. The molecule has 1 saturated heterocycles. The van der Waals surface area contributed by atoms with Gasteiger partial charge < -0.3 is 14.4 Å². The molecular formula is C28H24F2N4O3. The van der Waals surface area contributed by atoms with Gasteiger partial charge in [-0.3, -0.25) is 9.69 Å². The number of amides is 1. The minimum Gasteiger partial charge on any atom is -0.454 e. The van der Waals surface area contributed by atoms with Crippen molar-refractivity contribution in [2.45, 2.75) is 6.54 Å². The van der Waals surface area contributed by atoms with Crippen molar-refractivity contribution in [1.82, 2.24) is 19.6 Å². The largest absolute Gasteiger partial charge is 0.454 e. The third kappa shape index (κ3) is 4.77. The predicted molar refractivity (Wildman–Crippen MR) is 133 cm³/mol. The standard InChI is InChI=1S/C28H24F2N4O3/c29-21-4-2-20(3-5-21)24-16-25(34(31-24)23-8-6-22(30)7-9-23)28(35)33-13-11-32(12-14-33)17-19-1-10-26-27(15-19)37-18-36-26/h1-10,15-16H,11-14,17-18H2. The Balaban J connectivity index is 1.20. The smallest absolute Gasteiger partial charge is 0.272 e. The highest BCUT2D eigenvalue weighted by Crippen LogP contribution is 2.33. The van der Waals surface area contributed by atoms with Crippen molar-refractivity contribution in [2.24, 2.45) is 0 Å². The van der Waals surface area contributed by atoms with Crippen LogP contribution < -0.4 is 9.47 Å². The van der Waals surface area contributed by atoms with Crippen molar-refractivity contribution >= 4 is 5.91 Å². The number of benzene rings is 3. The summed E-state index contributed by atoms with van der Waals surface area (Å²) in [7, 11) is 0. The summed E-state index contributed by atoms with van der Waals surface area (Å²) in [6, 6.07) is 19.4. The first-order valence-electron chi connectivity index (χ1n) is 12.1. The van der Waals surface area contributed by atoms with E-state index in [1.807, 2.05) is 23.1 Å². The van der Waals surface area contributed by atoms with Crippen LogP contribution in [0.4, 0.5) is 8.78 Å². The Morgan fingerprint density at radius 2 is 1.49 bits per heavy atom. The molecule has 1 amide bonds. The highest BCUT2D eigenvalue weighted by Gasteiger charge is 2.27. The Kier molecular flexibility index (Phi) is 6.05. The number of carbonyl (C=O) groups is 1. The number of halogens is 2. The molecule has 3 heterocycles. The molecule has 2 aliphatic heterocycles. The van der Waals surface area contributed by atoms with Crippen molar-refractivity contribution < 1.29 is 23.0 Å². The summed E-state index contributed by atoms with van der Waals surface area (Å²) < 4.78 is 39.4. The fourth-order valence-electron chi connectivity index (χ4n) is 4.64. The lowest BCUT2D eigenvalue weighted by molar-refractivity contribution is 0.0619. The normalized spacial score (nSPS) is 15.2. The summed E-state index contributed by atoms with van der Waals surface area (Å²) in [5, 5.41) is 4.62. The number of fused-ring (bicyclic) bond motifs is 1. The lowest BCUT2D eigenvalue weighted by atomic mass is 10.1. The first kappa shape index (κ1) is 23.2. The highest BCUT2D eigenvalue weighted by molar-refractivity contribution is 5.94. The van der Waals surface area contributed by atoms with Crippen LogP contribution in [0.25, 0.3) is 16.9 Å². The second-order valence-corrected chi connectivity index (χ2v) is 9.07. The van der Waals surface area contributed by atoms with Crippen LogP contribution >= 0.6 is 0 Å². The zero-order chi connectivity index (χ0) is 25.4. The Morgan fingerprint density at radius 3 is 2.22 bits per heavy atom. The number of hydrogen-bond acceptors (Lipinski definition) is 5. The van der Waals surface area contributed by atoms with E-state index in [1.165, 1.54) is 28.9 Å². The van der Waals surface area contributed by atoms with Gasteiger partial charge in [0.25, 0.3) is 5.91 Å². The Morgan fingerprint density at radius 1 is 0.811 bits per heavy atom. The molecule has 0 unspecified atom stereocenters. The Labute approximate surface area is 212 Å². The van der Waals surface area contributed by atoms with Crippen molar-refractivity contribution in [1.29, 1.82) is 0 Å². The molecule has 188 valence electrons. The number of ether oxygens (including phenoxy) is 2. The van der Waals surface area contributed by atoms with Gasteiger partial charge in [0.1, 0.15) is 17.3 Å². The molecule has 2 aliphatic rings. The molecule has 3 aromatic carbocycles. The van der Waals surface area contributed by atoms with E-state index in [1.54, 1.807) is 30.3 Å². The van der Waals surface area contributed by atoms with Gasteiger partial charge in [0, 0.05) is 38.3 Å². The molecular weight excluding hydrogens is 478 g/mol. The van der Waals surface area contributed by atoms with Gasteiger partial charge in [-0.05, 0) is 72.3 Å². The van der Waals surface area contributed by atoms with E-state index >= 15 is 0 Å². The van der Waals surface area contributed by atoms with Crippen LogP contribution in [0, 0.1) is 11.6 Å². The molecule has 6 rings (SSSR count). The third-order valence-electron chi connectivity index (χ3n) is 6.64. The van der Waals surface area contributed by atoms with E-state index in [9.17, 15) is 13.6 Å². The number of hydrogen-bond donors (Lipinski definition) is 0. The predicted octanol–water partition coefficient (Wildman–Crippen LogP) is 4.50. The van der Waals surface area contributed by atoms with E-state index < -0.39 is 0 Å². The lowest BCUT2D eigenvalue weighted by Crippen LogP contribution is -2.48. The maximum absolute atomic E-state index is 13.6. The zero-order valence-electron chi connectivity index (χ0n) is 19.9. The van der Waals surface area contributed by atoms with E-state index in [0.29, 0.717) is 35.7 Å². The molecule has 0 aliphatic carbocycles. The quantitative estimate of drug-likeness (QED) is 0.402. The monoisotopic (exact) mass is 502 g/mol. The number of aromatic nitrogens is 2. The number of nitrogens with zero attached hydrogens (tertiary/aromatic N) is 4. The summed E-state index contributed by atoms with van der Waals surface area (Å²) in [5.41, 5.74) is 3.29. The maximum atomic E-state index is 13.6. The first-order valence-corrected chi connectivity index (χ1v) is 12.1. The van der Waals surface area contributed by atoms with E-state index in [4.69, 9.17) is 9.47 Å². The molecule has 7 nitrogen and oxygen atoms in total. The Hall–Kier alpha value is -4.24. The van der Waals surface area contributed by atoms with Gasteiger partial charge in [-0.15, -0.1) is 0 Å². The van der Waals surface area contributed by atoms with E-state index in [2.05, 4.69) is 10.00 Å². The molecule has 0 bridgehead atoms. The average molecular weight is 503 g/mol. The molecule has 9 heteroatoms. The summed E-state index contributed by atoms with van der Waals surface area (Å²) in [5.74, 6) is 0.639. The van der Waals surface area contributed by atoms with E-state index in [0.717, 1.165) is 36.7 Å². The van der Waals surface area contributed by atoms with Gasteiger partial charge in [-0.25, -0.2) is 13.5 Å². The van der Waals surface area contributed by atoms with Crippen LogP contribution in [0.15, 0.2) is 72.8 Å². The van der Waals surface area contributed by atoms with Gasteiger partial charge in [0.2, 0.25) is 6.79 Å². The molecule has 4 aromatic rings. The van der Waals surface area contributed by atoms with Crippen LogP contribution in [-0.4, -0.2) is 58.5 Å². The molecule has 1 aromatic heterocycles. The van der Waals surface area contributed by atoms with Crippen LogP contribution in [0.5, 0.6) is 11.5 Å². The zero-order valence-corrected chi connectivity index (χ0v) is 19.9. The second-order valence-electron chi connectivity index (χ2n) is 9.07. The van der Waals surface area contributed by atoms with Gasteiger partial charge in [-0.2, -0.15) is 5.10 Å². The summed E-state index contributed by atoms with van der Waals surface area (Å²) >= 11 is 0. The summed E-state index contributed by atoms with van der Waals surface area (Å²) in [6.07, 6.45) is 0. The van der Waals surface area contributed by atoms with Crippen molar-refractivity contribution in [2.75, 3.05) is 33.0 Å². The van der Waals surface area contributed by atoms with Crippen LogP contribution in [-0.2, 0) is 6.54 Å². The van der Waals surface area contributed by atoms with Gasteiger partial charge in [0.15, 0.2) is 11.5 Å². The summed E-state index contributed by atoms with van der Waals surface area (Å²) in [4.78, 5) is 17.7. The number of piperazine rings is 1. The van der Waals surface area contributed by atoms with E-state index in [-0.39, 0.29) is 24.3 Å². The minimum atomic E-state index is -0.374. The van der Waals surface area contributed by atoms with Crippen molar-refractivity contribution in [3.8, 4) is 28.4 Å². The third-order valence-corrected chi connectivity index (χ3v) is 6.64. The molecule has 0 saturated carbocycles. The fraction of sp³-hybridized carbons (Fsp3) is 0.214. The molecule has 0 radical (unpaired) electrons. The maximum Gasteiger partial charge on any atom is 0.272 e. The van der Waals surface area contributed by atoms with Crippen LogP contribution in [0.1, 0.15) is 16.1 Å². The first-order chi connectivity index (χ1) is 18.0. The van der Waals surface area contributed by atoms with Gasteiger partial charge in [0.05, 0.1) is 11.4 Å². The number of carbonyl (C=O) groups excluding carboxylic acids is 1. The molecule has 37 heavy (non-hydrogen) atoms. The van der Waals surface area contributed by atoms with Crippen LogP contribution in [0.2, 0.25) is 0 Å². The number of rotatable bonds is 5. The van der Waals surface area contributed by atoms with Crippen molar-refractivity contribution in [3.05, 3.63) is 95.7 Å². The highest BCUT2D eigenvalue weighted by atomic mass is 19.1. The Bertz CT molecular complexity index is 1430. The van der Waals surface area contributed by atoms with Crippen LogP contribution in [0.3, 0.4) is 0 Å². The molecule has 0 spiro atoms. The molecule has 1 fully saturated rings. The average Bonchev–Trinajstić information content (AvgIpc) is 3.57. The topological polar surface area (TPSA) is 59.8 Å². The summed E-state index contributed by atoms with van der Waals surface area (Å²) in [6.45, 7) is 3.55. The van der Waals surface area contributed by atoms with Gasteiger partial charge >= 0.3 is 0 Å². The molecule has 0 N–H and O–H groups in total. The molecule has 0 atom stereocenters. The lowest BCUT2D eigenvalue weighted by Gasteiger charge is -2.34. The SMILES string of the molecule is O=C(c1cc(-c2ccc(F)cc2)nn1-c1ccc(F)cc1)N1CCN(Cc2ccc3c(c2)OCO3)CC1.